The Bertz CT molecular complexity index is 526. The summed E-state index contributed by atoms with van der Waals surface area (Å²) in [6.45, 7) is 3.49. The van der Waals surface area contributed by atoms with Crippen molar-refractivity contribution in [1.82, 2.24) is 10.6 Å². The highest BCUT2D eigenvalue weighted by molar-refractivity contribution is 9.10. The molecule has 0 aliphatic carbocycles. The second-order valence-corrected chi connectivity index (χ2v) is 4.82. The average molecular weight is 350 g/mol. The van der Waals surface area contributed by atoms with E-state index < -0.39 is 29.6 Å². The van der Waals surface area contributed by atoms with Gasteiger partial charge in [0.05, 0.1) is 10.2 Å². The lowest BCUT2D eigenvalue weighted by atomic mass is 10.2. The molecule has 0 spiro atoms. The Morgan fingerprint density at radius 1 is 1.30 bits per heavy atom. The molecule has 0 aromatic heterocycles. The molecule has 1 rings (SSSR count). The third-order valence-corrected chi connectivity index (χ3v) is 2.96. The fraction of sp³-hybridized carbons (Fsp3) is 0.333. The number of carbonyl (C=O) groups excluding carboxylic acids is 2. The highest BCUT2D eigenvalue weighted by Crippen LogP contribution is 2.23. The standard InChI is InChI=1S/C12H14BrF2N3O2/c1-3-16-12(20)18-11(19)6(2)17-10-5-8(14)7(13)4-9(10)15/h4-6,17H,3H2,1-2H3,(H2,16,18,19,20). The topological polar surface area (TPSA) is 70.2 Å². The van der Waals surface area contributed by atoms with E-state index in [9.17, 15) is 18.4 Å². The maximum atomic E-state index is 13.6. The van der Waals surface area contributed by atoms with Crippen molar-refractivity contribution < 1.29 is 18.4 Å². The van der Waals surface area contributed by atoms with Crippen molar-refractivity contribution in [3.8, 4) is 0 Å². The van der Waals surface area contributed by atoms with Crippen LogP contribution in [0.25, 0.3) is 0 Å². The van der Waals surface area contributed by atoms with E-state index in [2.05, 4.69) is 31.9 Å². The summed E-state index contributed by atoms with van der Waals surface area (Å²) >= 11 is 2.85. The monoisotopic (exact) mass is 349 g/mol. The van der Waals surface area contributed by atoms with Crippen molar-refractivity contribution in [1.29, 1.82) is 0 Å². The lowest BCUT2D eigenvalue weighted by Gasteiger charge is -2.15. The van der Waals surface area contributed by atoms with Crippen molar-refractivity contribution in [3.63, 3.8) is 0 Å². The summed E-state index contributed by atoms with van der Waals surface area (Å²) in [7, 11) is 0. The Kier molecular flexibility index (Phi) is 5.87. The highest BCUT2D eigenvalue weighted by atomic mass is 79.9. The molecule has 0 aliphatic rings. The maximum absolute atomic E-state index is 13.6. The van der Waals surface area contributed by atoms with Gasteiger partial charge in [0.2, 0.25) is 5.91 Å². The number of rotatable bonds is 4. The van der Waals surface area contributed by atoms with E-state index in [1.165, 1.54) is 6.92 Å². The smallest absolute Gasteiger partial charge is 0.321 e. The van der Waals surface area contributed by atoms with Gasteiger partial charge in [0.1, 0.15) is 17.7 Å². The largest absolute Gasteiger partial charge is 0.371 e. The first-order valence-electron chi connectivity index (χ1n) is 5.85. The van der Waals surface area contributed by atoms with Crippen LogP contribution in [0.5, 0.6) is 0 Å². The minimum absolute atomic E-state index is 0.0139. The van der Waals surface area contributed by atoms with Crippen LogP contribution in [0.15, 0.2) is 16.6 Å². The van der Waals surface area contributed by atoms with Crippen LogP contribution in [-0.2, 0) is 4.79 Å². The molecule has 1 aromatic rings. The van der Waals surface area contributed by atoms with E-state index in [-0.39, 0.29) is 10.2 Å². The minimum atomic E-state index is -0.910. The first kappa shape index (κ1) is 16.4. The molecule has 3 amide bonds. The summed E-state index contributed by atoms with van der Waals surface area (Å²) in [5.41, 5.74) is -0.163. The molecular formula is C12H14BrF2N3O2. The molecule has 0 bridgehead atoms. The Morgan fingerprint density at radius 3 is 2.55 bits per heavy atom. The second-order valence-electron chi connectivity index (χ2n) is 3.96. The average Bonchev–Trinajstić information content (AvgIpc) is 2.35. The zero-order chi connectivity index (χ0) is 15.3. The Labute approximate surface area is 123 Å². The lowest BCUT2D eigenvalue weighted by Crippen LogP contribution is -2.45. The number of hydrogen-bond acceptors (Lipinski definition) is 3. The minimum Gasteiger partial charge on any atom is -0.371 e. The molecule has 0 saturated carbocycles. The van der Waals surface area contributed by atoms with Gasteiger partial charge in [-0.1, -0.05) is 0 Å². The van der Waals surface area contributed by atoms with Crippen molar-refractivity contribution >= 4 is 33.6 Å². The van der Waals surface area contributed by atoms with Gasteiger partial charge in [-0.3, -0.25) is 10.1 Å². The van der Waals surface area contributed by atoms with Crippen LogP contribution < -0.4 is 16.0 Å². The molecule has 0 heterocycles. The van der Waals surface area contributed by atoms with Crippen LogP contribution in [0, 0.1) is 11.6 Å². The predicted octanol–water partition coefficient (Wildman–Crippen LogP) is 2.37. The fourth-order valence-electron chi connectivity index (χ4n) is 1.36. The van der Waals surface area contributed by atoms with Gasteiger partial charge in [-0.15, -0.1) is 0 Å². The van der Waals surface area contributed by atoms with E-state index in [1.807, 2.05) is 0 Å². The van der Waals surface area contributed by atoms with Gasteiger partial charge in [-0.05, 0) is 35.8 Å². The number of urea groups is 1. The molecule has 1 atom stereocenters. The normalized spacial score (nSPS) is 11.7. The number of anilines is 1. The Morgan fingerprint density at radius 2 is 1.95 bits per heavy atom. The molecule has 3 N–H and O–H groups in total. The molecule has 20 heavy (non-hydrogen) atoms. The number of benzene rings is 1. The van der Waals surface area contributed by atoms with Crippen molar-refractivity contribution in [2.45, 2.75) is 19.9 Å². The van der Waals surface area contributed by atoms with Gasteiger partial charge < -0.3 is 10.6 Å². The quantitative estimate of drug-likeness (QED) is 0.731. The van der Waals surface area contributed by atoms with Crippen molar-refractivity contribution in [2.24, 2.45) is 0 Å². The summed E-state index contributed by atoms with van der Waals surface area (Å²) < 4.78 is 26.9. The fourth-order valence-corrected chi connectivity index (χ4v) is 1.67. The SMILES string of the molecule is CCNC(=O)NC(=O)C(C)Nc1cc(F)c(Br)cc1F. The molecule has 1 unspecified atom stereocenters. The van der Waals surface area contributed by atoms with Gasteiger partial charge in [0.25, 0.3) is 0 Å². The second kappa shape index (κ2) is 7.18. The van der Waals surface area contributed by atoms with Crippen LogP contribution in [0.3, 0.4) is 0 Å². The number of imide groups is 1. The maximum Gasteiger partial charge on any atom is 0.321 e. The number of nitrogens with one attached hydrogen (secondary N) is 3. The molecule has 110 valence electrons. The van der Waals surface area contributed by atoms with Gasteiger partial charge in [-0.25, -0.2) is 13.6 Å². The predicted molar refractivity (Wildman–Crippen MR) is 74.4 cm³/mol. The van der Waals surface area contributed by atoms with E-state index in [0.29, 0.717) is 6.54 Å². The third kappa shape index (κ3) is 4.44. The van der Waals surface area contributed by atoms with Crippen molar-refractivity contribution in [3.05, 3.63) is 28.2 Å². The molecule has 1 aromatic carbocycles. The van der Waals surface area contributed by atoms with Gasteiger partial charge >= 0.3 is 6.03 Å². The van der Waals surface area contributed by atoms with Gasteiger partial charge in [-0.2, -0.15) is 0 Å². The Balaban J connectivity index is 2.71. The van der Waals surface area contributed by atoms with Gasteiger partial charge in [0.15, 0.2) is 0 Å². The number of halogens is 3. The third-order valence-electron chi connectivity index (χ3n) is 2.35. The molecule has 5 nitrogen and oxygen atoms in total. The van der Waals surface area contributed by atoms with Crippen LogP contribution in [0.4, 0.5) is 19.3 Å². The highest BCUT2D eigenvalue weighted by Gasteiger charge is 2.17. The number of amides is 3. The number of carbonyl (C=O) groups is 2. The van der Waals surface area contributed by atoms with Gasteiger partial charge in [0, 0.05) is 12.6 Å². The molecule has 0 saturated heterocycles. The first-order chi connectivity index (χ1) is 9.35. The van der Waals surface area contributed by atoms with E-state index in [0.717, 1.165) is 12.1 Å². The summed E-state index contributed by atoms with van der Waals surface area (Å²) in [6, 6.07) is 0.322. The molecule has 0 fully saturated rings. The zero-order valence-corrected chi connectivity index (χ0v) is 12.5. The number of hydrogen-bond donors (Lipinski definition) is 3. The molecule has 0 aliphatic heterocycles. The molecular weight excluding hydrogens is 336 g/mol. The summed E-state index contributed by atoms with van der Waals surface area (Å²) in [6.07, 6.45) is 0. The van der Waals surface area contributed by atoms with E-state index in [4.69, 9.17) is 0 Å². The molecule has 0 radical (unpaired) electrons. The van der Waals surface area contributed by atoms with Crippen LogP contribution >= 0.6 is 15.9 Å². The first-order valence-corrected chi connectivity index (χ1v) is 6.64. The molecule has 8 heteroatoms. The lowest BCUT2D eigenvalue weighted by molar-refractivity contribution is -0.120. The summed E-state index contributed by atoms with van der Waals surface area (Å²) in [5.74, 6) is -2.03. The summed E-state index contributed by atoms with van der Waals surface area (Å²) in [4.78, 5) is 22.8. The van der Waals surface area contributed by atoms with Crippen LogP contribution in [0.2, 0.25) is 0 Å². The van der Waals surface area contributed by atoms with E-state index in [1.54, 1.807) is 6.92 Å². The van der Waals surface area contributed by atoms with Crippen LogP contribution in [-0.4, -0.2) is 24.5 Å². The zero-order valence-electron chi connectivity index (χ0n) is 10.9. The van der Waals surface area contributed by atoms with E-state index >= 15 is 0 Å². The summed E-state index contributed by atoms with van der Waals surface area (Å²) in [5, 5.41) is 6.95. The Hall–Kier alpha value is -1.70. The van der Waals surface area contributed by atoms with Crippen molar-refractivity contribution in [2.75, 3.05) is 11.9 Å². The van der Waals surface area contributed by atoms with Crippen LogP contribution in [0.1, 0.15) is 13.8 Å².